The summed E-state index contributed by atoms with van der Waals surface area (Å²) in [5.74, 6) is -1.67. The third kappa shape index (κ3) is 23.1. The first kappa shape index (κ1) is 93.9. The van der Waals surface area contributed by atoms with E-state index in [-0.39, 0.29) is 145 Å². The number of nitrogens with one attached hydrogen (secondary N) is 2. The third-order valence-electron chi connectivity index (χ3n) is 26.0. The lowest BCUT2D eigenvalue weighted by molar-refractivity contribution is -0.145. The van der Waals surface area contributed by atoms with Crippen LogP contribution in [0.15, 0.2) is 109 Å². The van der Waals surface area contributed by atoms with Crippen LogP contribution in [0.1, 0.15) is 225 Å². The number of ether oxygens (including phenoxy) is 6. The molecule has 4 saturated carbocycles. The van der Waals surface area contributed by atoms with E-state index in [0.717, 1.165) is 47.6 Å². The summed E-state index contributed by atoms with van der Waals surface area (Å²) >= 11 is 0. The van der Waals surface area contributed by atoms with Crippen LogP contribution in [-0.4, -0.2) is 168 Å². The van der Waals surface area contributed by atoms with Gasteiger partial charge in [0.15, 0.2) is 11.6 Å². The number of Topliss-reactive ketones (excluding diaryl/α,β-unsaturated/α-hetero) is 4. The zero-order chi connectivity index (χ0) is 90.9. The molecule has 14 atom stereocenters. The Balaban J connectivity index is 0.000000216. The Bertz CT molecular complexity index is 5040. The lowest BCUT2D eigenvalue weighted by atomic mass is 9.79. The molecule has 680 valence electrons. The molecular formula is C98H128N8O18S2. The highest BCUT2D eigenvalue weighted by atomic mass is 32.2. The summed E-state index contributed by atoms with van der Waals surface area (Å²) in [5, 5.41) is 1.76. The van der Waals surface area contributed by atoms with Gasteiger partial charge in [-0.3, -0.25) is 47.8 Å². The van der Waals surface area contributed by atoms with Crippen LogP contribution in [0.5, 0.6) is 35.0 Å². The standard InChI is InChI=1S/2C49H64N4O9S/c2*1-29(2)61-44-18-13-32(27-50-44)41-21-33-20-36(60-8)14-17-39(33)45(51-41)62-37-23-42-43(55)26-49(47(57)52-63(58,59)38-15-16-38)24-34(49)12-10-9-11-30(3)19-31(4)40(46(56)53(42)28-37)22-35(54)25-48(5,6)7/h2*10,12-14,17-18,20-21,27,29-31,34,37-38,40,42H,9,11,15-16,19,22-26,28H2,1-8H3,(H,52,57)/b2*12-10-/t30-,31+,34+,37?,40-,42-,49+;30-,31-,34-,37?,40+,42+,49-/m01/s1. The molecule has 8 aliphatic rings. The molecule has 8 heterocycles. The normalized spacial score (nSPS) is 27.5. The Morgan fingerprint density at radius 2 is 0.897 bits per heavy atom. The van der Waals surface area contributed by atoms with Crippen LogP contribution in [-0.2, 0) is 58.4 Å². The number of aromatic nitrogens is 4. The second kappa shape index (κ2) is 38.3. The molecule has 4 aliphatic heterocycles. The quantitative estimate of drug-likeness (QED) is 0.0532. The molecule has 2 saturated heterocycles. The Labute approximate surface area is 742 Å². The summed E-state index contributed by atoms with van der Waals surface area (Å²) in [6.45, 7) is 28.2. The number of hydrogen-bond acceptors (Lipinski definition) is 22. The van der Waals surface area contributed by atoms with E-state index >= 15 is 9.59 Å². The molecule has 2 unspecified atom stereocenters. The second-order valence-electron chi connectivity index (χ2n) is 40.3. The Kier molecular flexibility index (Phi) is 28.6. The van der Waals surface area contributed by atoms with E-state index in [2.05, 4.69) is 33.3 Å². The van der Waals surface area contributed by atoms with E-state index in [9.17, 15) is 45.6 Å². The lowest BCUT2D eigenvalue weighted by Crippen LogP contribution is -2.47. The number of hydrogen-bond donors (Lipinski definition) is 2. The molecule has 14 rings (SSSR count). The van der Waals surface area contributed by atoms with Crippen LogP contribution in [0.25, 0.3) is 44.1 Å². The van der Waals surface area contributed by atoms with Gasteiger partial charge in [0, 0.05) is 110 Å². The van der Waals surface area contributed by atoms with E-state index in [0.29, 0.717) is 121 Å². The predicted octanol–water partition coefficient (Wildman–Crippen LogP) is 16.1. The summed E-state index contributed by atoms with van der Waals surface area (Å²) in [5.41, 5.74) is -0.477. The van der Waals surface area contributed by atoms with Crippen molar-refractivity contribution in [1.82, 2.24) is 39.2 Å². The number of benzene rings is 2. The van der Waals surface area contributed by atoms with Crippen LogP contribution in [0.2, 0.25) is 0 Å². The van der Waals surface area contributed by atoms with Gasteiger partial charge in [-0.05, 0) is 223 Å². The van der Waals surface area contributed by atoms with Crippen LogP contribution in [0.4, 0.5) is 0 Å². The van der Waals surface area contributed by atoms with Crippen LogP contribution in [0.3, 0.4) is 0 Å². The first-order valence-electron chi connectivity index (χ1n) is 45.2. The molecule has 4 amide bonds. The average Bonchev–Trinajstić information content (AvgIpc) is 1.57. The molecule has 4 aliphatic carbocycles. The van der Waals surface area contributed by atoms with Gasteiger partial charge in [-0.1, -0.05) is 93.5 Å². The maximum Gasteiger partial charge on any atom is 0.240 e. The predicted molar refractivity (Wildman–Crippen MR) is 481 cm³/mol. The number of sulfonamides is 2. The average molecular weight is 1770 g/mol. The number of amides is 4. The van der Waals surface area contributed by atoms with E-state index in [1.54, 1.807) is 48.5 Å². The minimum atomic E-state index is -3.88. The summed E-state index contributed by atoms with van der Waals surface area (Å²) in [6, 6.07) is 20.3. The highest BCUT2D eigenvalue weighted by Gasteiger charge is 2.64. The largest absolute Gasteiger partial charge is 0.497 e. The van der Waals surface area contributed by atoms with Crippen molar-refractivity contribution in [2.24, 2.45) is 69.0 Å². The fourth-order valence-electron chi connectivity index (χ4n) is 18.9. The maximum atomic E-state index is 15.2. The number of methoxy groups -OCH3 is 2. The van der Waals surface area contributed by atoms with Gasteiger partial charge >= 0.3 is 0 Å². The fraction of sp³-hybridized carbons (Fsp3) is 0.592. The van der Waals surface area contributed by atoms with Crippen LogP contribution >= 0.6 is 0 Å². The second-order valence-corrected chi connectivity index (χ2v) is 44.2. The summed E-state index contributed by atoms with van der Waals surface area (Å²) in [4.78, 5) is 138. The van der Waals surface area contributed by atoms with Gasteiger partial charge in [-0.15, -0.1) is 0 Å². The van der Waals surface area contributed by atoms with Gasteiger partial charge in [-0.2, -0.15) is 0 Å². The summed E-state index contributed by atoms with van der Waals surface area (Å²) in [7, 11) is -4.56. The number of nitrogens with zero attached hydrogens (tertiary/aromatic N) is 6. The van der Waals surface area contributed by atoms with Gasteiger partial charge in [0.25, 0.3) is 0 Å². The van der Waals surface area contributed by atoms with Crippen molar-refractivity contribution in [3.8, 4) is 57.5 Å². The third-order valence-corrected chi connectivity index (χ3v) is 29.7. The van der Waals surface area contributed by atoms with E-state index in [1.165, 1.54) is 0 Å². The molecular weight excluding hydrogens is 1640 g/mol. The SMILES string of the molecule is COc1ccc2c(OC3C[C@H]4C(=O)C[C@]5(C(=O)NS(=O)(=O)C6CC6)C[C@H]5/C=C\CC[C@@H](C)C[C@@H](C)[C@H](CC(=O)CC(C)(C)C)C(=O)N4C3)nc(-c3ccc(OC(C)C)nc3)cc2c1.COc1ccc2c(OC3C[C@H]4C(=O)C[C@]5(C(=O)NS(=O)(=O)C6CC6)C[C@H]5/C=C\CC[C@H](C)C[C@@H](C)[C@H](CC(=O)CC(C)(C)C)C(=O)N4C3)nc(-c3ccc(OC(C)C)nc3)cc2c1. The molecule has 4 aromatic heterocycles. The first-order valence-corrected chi connectivity index (χ1v) is 48.3. The van der Waals surface area contributed by atoms with Gasteiger partial charge in [0.2, 0.25) is 67.2 Å². The Hall–Kier alpha value is -9.70. The molecule has 0 spiro atoms. The number of pyridine rings is 4. The number of allylic oxidation sites excluding steroid dienone is 4. The summed E-state index contributed by atoms with van der Waals surface area (Å²) in [6.07, 6.45) is 17.5. The monoisotopic (exact) mass is 1770 g/mol. The fourth-order valence-corrected chi connectivity index (χ4v) is 21.7. The zero-order valence-electron chi connectivity index (χ0n) is 76.0. The first-order chi connectivity index (χ1) is 59.5. The molecule has 2 aromatic carbocycles. The van der Waals surface area contributed by atoms with Crippen molar-refractivity contribution in [3.63, 3.8) is 0 Å². The molecule has 2 N–H and O–H groups in total. The summed E-state index contributed by atoms with van der Waals surface area (Å²) < 4.78 is 93.1. The molecule has 0 bridgehead atoms. The lowest BCUT2D eigenvalue weighted by Gasteiger charge is -2.32. The van der Waals surface area contributed by atoms with Crippen LogP contribution in [0, 0.1) is 69.0 Å². The minimum absolute atomic E-state index is 0.00871. The Morgan fingerprint density at radius 3 is 1.23 bits per heavy atom. The molecule has 28 heteroatoms. The number of rotatable bonds is 24. The van der Waals surface area contributed by atoms with Gasteiger partial charge in [0.05, 0.1) is 84.3 Å². The number of ketones is 4. The number of carbonyl (C=O) groups excluding carboxylic acids is 8. The molecule has 6 fully saturated rings. The van der Waals surface area contributed by atoms with Gasteiger partial charge < -0.3 is 38.2 Å². The van der Waals surface area contributed by atoms with Gasteiger partial charge in [0.1, 0.15) is 35.3 Å². The highest BCUT2D eigenvalue weighted by Crippen LogP contribution is 2.59. The Morgan fingerprint density at radius 1 is 0.516 bits per heavy atom. The molecule has 26 nitrogen and oxygen atoms in total. The van der Waals surface area contributed by atoms with Crippen molar-refractivity contribution < 1.29 is 83.6 Å². The van der Waals surface area contributed by atoms with Crippen molar-refractivity contribution >= 4 is 88.4 Å². The zero-order valence-corrected chi connectivity index (χ0v) is 77.7. The van der Waals surface area contributed by atoms with Crippen molar-refractivity contribution in [2.45, 2.75) is 272 Å². The molecule has 126 heavy (non-hydrogen) atoms. The van der Waals surface area contributed by atoms with Gasteiger partial charge in [-0.25, -0.2) is 36.8 Å². The number of carbonyl (C=O) groups is 8. The smallest absolute Gasteiger partial charge is 0.240 e. The van der Waals surface area contributed by atoms with E-state index in [4.69, 9.17) is 38.4 Å². The van der Waals surface area contributed by atoms with Crippen molar-refractivity contribution in [1.29, 1.82) is 0 Å². The highest BCUT2D eigenvalue weighted by molar-refractivity contribution is 7.91. The molecule has 6 aromatic rings. The van der Waals surface area contributed by atoms with Crippen molar-refractivity contribution in [2.75, 3.05) is 27.3 Å². The maximum absolute atomic E-state index is 15.2. The number of fused-ring (bicyclic) bond motifs is 6. The van der Waals surface area contributed by atoms with Crippen molar-refractivity contribution in [3.05, 3.63) is 109 Å². The molecule has 0 radical (unpaired) electrons. The van der Waals surface area contributed by atoms with E-state index in [1.807, 2.05) is 168 Å². The van der Waals surface area contributed by atoms with Crippen LogP contribution < -0.4 is 37.9 Å². The topological polar surface area (TPSA) is 342 Å². The van der Waals surface area contributed by atoms with E-state index < -0.39 is 89.3 Å². The minimum Gasteiger partial charge on any atom is -0.497 e.